The molecule has 1 amide bonds. The molecule has 2 heterocycles. The van der Waals surface area contributed by atoms with E-state index in [2.05, 4.69) is 10.2 Å². The van der Waals surface area contributed by atoms with Crippen LogP contribution in [0.3, 0.4) is 0 Å². The highest BCUT2D eigenvalue weighted by Crippen LogP contribution is 2.31. The number of para-hydroxylation sites is 1. The van der Waals surface area contributed by atoms with Crippen molar-refractivity contribution in [2.24, 2.45) is 5.92 Å². The average Bonchev–Trinajstić information content (AvgIpc) is 3.00. The highest BCUT2D eigenvalue weighted by atomic mass is 16.3. The van der Waals surface area contributed by atoms with Gasteiger partial charge in [0.2, 0.25) is 5.91 Å². The molecule has 2 aromatic rings. The Balaban J connectivity index is 1.78. The fourth-order valence-corrected chi connectivity index (χ4v) is 3.33. The molecule has 1 aromatic heterocycles. The van der Waals surface area contributed by atoms with Crippen LogP contribution in [-0.4, -0.2) is 47.4 Å². The van der Waals surface area contributed by atoms with Gasteiger partial charge < -0.3 is 14.8 Å². The number of benzene rings is 1. The third-order valence-electron chi connectivity index (χ3n) is 5.00. The van der Waals surface area contributed by atoms with E-state index in [0.717, 1.165) is 31.3 Å². The molecule has 134 valence electrons. The number of anilines is 1. The number of nitrogens with one attached hydrogen (secondary N) is 1. The van der Waals surface area contributed by atoms with Crippen LogP contribution in [-0.2, 0) is 4.79 Å². The number of fused-ring (bicyclic) bond motifs is 1. The van der Waals surface area contributed by atoms with Gasteiger partial charge in [-0.15, -0.1) is 0 Å². The highest BCUT2D eigenvalue weighted by Gasteiger charge is 2.28. The number of nitrogens with zero attached hydrogens (tertiary/aromatic N) is 1. The summed E-state index contributed by atoms with van der Waals surface area (Å²) in [6.07, 6.45) is 1.78. The quantitative estimate of drug-likeness (QED) is 0.815. The number of likely N-dealkylation sites (tertiary alicyclic amines) is 1. The van der Waals surface area contributed by atoms with Gasteiger partial charge in [0.25, 0.3) is 0 Å². The number of amides is 1. The van der Waals surface area contributed by atoms with E-state index in [-0.39, 0.29) is 30.1 Å². The van der Waals surface area contributed by atoms with Crippen molar-refractivity contribution in [3.63, 3.8) is 0 Å². The zero-order valence-electron chi connectivity index (χ0n) is 14.6. The molecule has 0 bridgehead atoms. The summed E-state index contributed by atoms with van der Waals surface area (Å²) in [7, 11) is 0. The Morgan fingerprint density at radius 3 is 2.64 bits per heavy atom. The summed E-state index contributed by atoms with van der Waals surface area (Å²) in [5.74, 6) is 0.133. The number of hydrogen-bond acceptors (Lipinski definition) is 5. The summed E-state index contributed by atoms with van der Waals surface area (Å²) < 4.78 is 5.61. The van der Waals surface area contributed by atoms with Crippen molar-refractivity contribution in [2.45, 2.75) is 32.7 Å². The van der Waals surface area contributed by atoms with E-state index in [0.29, 0.717) is 17.2 Å². The lowest BCUT2D eigenvalue weighted by molar-refractivity contribution is -0.121. The SMILES string of the molecule is CC(=O)c1oc2ccccc2c1NC(=O)C(C)N1CCC(CO)CC1. The molecule has 2 N–H and O–H groups in total. The molecule has 0 saturated carbocycles. The molecule has 25 heavy (non-hydrogen) atoms. The second kappa shape index (κ2) is 7.37. The van der Waals surface area contributed by atoms with Crippen molar-refractivity contribution in [1.82, 2.24) is 4.90 Å². The maximum Gasteiger partial charge on any atom is 0.241 e. The minimum Gasteiger partial charge on any atom is -0.451 e. The second-order valence-corrected chi connectivity index (χ2v) is 6.69. The topological polar surface area (TPSA) is 82.8 Å². The number of furan rings is 1. The zero-order chi connectivity index (χ0) is 18.0. The van der Waals surface area contributed by atoms with Gasteiger partial charge in [0.05, 0.1) is 11.7 Å². The number of aliphatic hydroxyl groups is 1. The third kappa shape index (κ3) is 3.60. The number of piperidine rings is 1. The summed E-state index contributed by atoms with van der Waals surface area (Å²) in [6, 6.07) is 6.97. The smallest absolute Gasteiger partial charge is 0.241 e. The van der Waals surface area contributed by atoms with Gasteiger partial charge in [0.15, 0.2) is 11.5 Å². The fraction of sp³-hybridized carbons (Fsp3) is 0.474. The molecular weight excluding hydrogens is 320 g/mol. The van der Waals surface area contributed by atoms with E-state index >= 15 is 0 Å². The van der Waals surface area contributed by atoms with Crippen LogP contribution < -0.4 is 5.32 Å². The molecule has 1 aliphatic heterocycles. The minimum atomic E-state index is -0.312. The van der Waals surface area contributed by atoms with Gasteiger partial charge in [0.1, 0.15) is 5.58 Å². The van der Waals surface area contributed by atoms with Crippen molar-refractivity contribution in [3.8, 4) is 0 Å². The predicted molar refractivity (Wildman–Crippen MR) is 95.7 cm³/mol. The Morgan fingerprint density at radius 1 is 1.32 bits per heavy atom. The molecule has 0 spiro atoms. The number of rotatable bonds is 5. The second-order valence-electron chi connectivity index (χ2n) is 6.69. The number of aliphatic hydroxyl groups excluding tert-OH is 1. The van der Waals surface area contributed by atoms with E-state index in [1.807, 2.05) is 25.1 Å². The molecular formula is C19H24N2O4. The van der Waals surface area contributed by atoms with Crippen LogP contribution in [0.4, 0.5) is 5.69 Å². The summed E-state index contributed by atoms with van der Waals surface area (Å²) in [5.41, 5.74) is 1.03. The lowest BCUT2D eigenvalue weighted by Gasteiger charge is -2.34. The Hall–Kier alpha value is -2.18. The summed E-state index contributed by atoms with van der Waals surface area (Å²) in [5, 5.41) is 12.9. The van der Waals surface area contributed by atoms with Crippen molar-refractivity contribution < 1.29 is 19.1 Å². The molecule has 1 atom stereocenters. The van der Waals surface area contributed by atoms with Crippen molar-refractivity contribution in [2.75, 3.05) is 25.0 Å². The third-order valence-corrected chi connectivity index (χ3v) is 5.00. The summed E-state index contributed by atoms with van der Waals surface area (Å²) >= 11 is 0. The van der Waals surface area contributed by atoms with Crippen molar-refractivity contribution in [1.29, 1.82) is 0 Å². The molecule has 6 heteroatoms. The molecule has 1 saturated heterocycles. The fourth-order valence-electron chi connectivity index (χ4n) is 3.33. The highest BCUT2D eigenvalue weighted by molar-refractivity contribution is 6.11. The predicted octanol–water partition coefficient (Wildman–Crippen LogP) is 2.67. The van der Waals surface area contributed by atoms with Gasteiger partial charge in [-0.05, 0) is 50.9 Å². The normalized spacial score (nSPS) is 17.6. The van der Waals surface area contributed by atoms with Crippen molar-refractivity contribution >= 4 is 28.3 Å². The van der Waals surface area contributed by atoms with Crippen LogP contribution >= 0.6 is 0 Å². The van der Waals surface area contributed by atoms with Gasteiger partial charge in [-0.2, -0.15) is 0 Å². The minimum absolute atomic E-state index is 0.156. The Bertz CT molecular complexity index is 775. The van der Waals surface area contributed by atoms with Gasteiger partial charge in [-0.3, -0.25) is 14.5 Å². The van der Waals surface area contributed by atoms with Crippen LogP contribution in [0.25, 0.3) is 11.0 Å². The van der Waals surface area contributed by atoms with E-state index in [1.165, 1.54) is 6.92 Å². The van der Waals surface area contributed by atoms with Gasteiger partial charge in [0, 0.05) is 18.9 Å². The first-order chi connectivity index (χ1) is 12.0. The molecule has 3 rings (SSSR count). The summed E-state index contributed by atoms with van der Waals surface area (Å²) in [6.45, 7) is 5.06. The molecule has 1 aromatic carbocycles. The first-order valence-electron chi connectivity index (χ1n) is 8.69. The van der Waals surface area contributed by atoms with Crippen LogP contribution in [0.15, 0.2) is 28.7 Å². The average molecular weight is 344 g/mol. The number of ketones is 1. The zero-order valence-corrected chi connectivity index (χ0v) is 14.6. The van der Waals surface area contributed by atoms with Crippen LogP contribution in [0.5, 0.6) is 0 Å². The van der Waals surface area contributed by atoms with Crippen LogP contribution in [0.2, 0.25) is 0 Å². The van der Waals surface area contributed by atoms with E-state index in [9.17, 15) is 14.7 Å². The molecule has 1 fully saturated rings. The molecule has 0 radical (unpaired) electrons. The van der Waals surface area contributed by atoms with E-state index in [1.54, 1.807) is 6.07 Å². The molecule has 1 aliphatic rings. The lowest BCUT2D eigenvalue weighted by Crippen LogP contribution is -2.46. The Kier molecular flexibility index (Phi) is 5.20. The standard InChI is InChI=1S/C19H24N2O4/c1-12(21-9-7-14(11-22)8-10-21)19(24)20-17-15-5-3-4-6-16(15)25-18(17)13(2)23/h3-6,12,14,22H,7-11H2,1-2H3,(H,20,24). The number of carbonyl (C=O) groups excluding carboxylic acids is 2. The Labute approximate surface area is 146 Å². The van der Waals surface area contributed by atoms with E-state index < -0.39 is 0 Å². The maximum atomic E-state index is 12.7. The monoisotopic (exact) mass is 344 g/mol. The van der Waals surface area contributed by atoms with Crippen LogP contribution in [0.1, 0.15) is 37.2 Å². The molecule has 6 nitrogen and oxygen atoms in total. The van der Waals surface area contributed by atoms with Gasteiger partial charge in [-0.1, -0.05) is 12.1 Å². The lowest BCUT2D eigenvalue weighted by atomic mass is 9.97. The van der Waals surface area contributed by atoms with E-state index in [4.69, 9.17) is 4.42 Å². The largest absolute Gasteiger partial charge is 0.451 e. The van der Waals surface area contributed by atoms with Gasteiger partial charge in [-0.25, -0.2) is 0 Å². The molecule has 1 unspecified atom stereocenters. The number of Topliss-reactive ketones (excluding diaryl/α,β-unsaturated/α-hetero) is 1. The molecule has 0 aliphatic carbocycles. The number of hydrogen-bond donors (Lipinski definition) is 2. The van der Waals surface area contributed by atoms with Crippen molar-refractivity contribution in [3.05, 3.63) is 30.0 Å². The summed E-state index contributed by atoms with van der Waals surface area (Å²) in [4.78, 5) is 26.7. The Morgan fingerprint density at radius 2 is 2.00 bits per heavy atom. The number of carbonyl (C=O) groups is 2. The van der Waals surface area contributed by atoms with Crippen LogP contribution in [0, 0.1) is 5.92 Å². The first-order valence-corrected chi connectivity index (χ1v) is 8.69. The maximum absolute atomic E-state index is 12.7. The van der Waals surface area contributed by atoms with Gasteiger partial charge >= 0.3 is 0 Å². The first kappa shape index (κ1) is 17.6.